The molecule has 2 heterocycles. The van der Waals surface area contributed by atoms with Gasteiger partial charge < -0.3 is 4.90 Å². The van der Waals surface area contributed by atoms with Gasteiger partial charge in [0, 0.05) is 29.6 Å². The summed E-state index contributed by atoms with van der Waals surface area (Å²) in [7, 11) is 1.97. The summed E-state index contributed by atoms with van der Waals surface area (Å²) < 4.78 is 2.08. The van der Waals surface area contributed by atoms with Gasteiger partial charge in [-0.15, -0.1) is 11.3 Å². The normalized spacial score (nSPS) is 10.7. The van der Waals surface area contributed by atoms with Gasteiger partial charge in [-0.1, -0.05) is 22.0 Å². The van der Waals surface area contributed by atoms with Gasteiger partial charge in [-0.3, -0.25) is 4.40 Å². The smallest absolute Gasteiger partial charge is 0.195 e. The van der Waals surface area contributed by atoms with Crippen molar-refractivity contribution in [3.8, 4) is 6.07 Å². The van der Waals surface area contributed by atoms with E-state index in [0.717, 1.165) is 27.5 Å². The molecule has 3 rings (SSSR count). The first-order chi connectivity index (χ1) is 9.74. The zero-order valence-corrected chi connectivity index (χ0v) is 13.1. The first-order valence-electron chi connectivity index (χ1n) is 5.99. The Hall–Kier alpha value is -1.84. The predicted molar refractivity (Wildman–Crippen MR) is 84.9 cm³/mol. The molecule has 0 aliphatic heterocycles. The average molecular weight is 347 g/mol. The van der Waals surface area contributed by atoms with E-state index in [9.17, 15) is 0 Å². The Morgan fingerprint density at radius 1 is 1.50 bits per heavy atom. The summed E-state index contributed by atoms with van der Waals surface area (Å²) in [5, 5.41) is 11.7. The van der Waals surface area contributed by atoms with Crippen LogP contribution in [0.25, 0.3) is 4.96 Å². The third-order valence-corrected chi connectivity index (χ3v) is 4.43. The Labute approximate surface area is 129 Å². The zero-order chi connectivity index (χ0) is 14.1. The summed E-state index contributed by atoms with van der Waals surface area (Å²) >= 11 is 5.14. The van der Waals surface area contributed by atoms with Crippen LogP contribution in [0.15, 0.2) is 35.8 Å². The molecule has 0 aliphatic rings. The largest absolute Gasteiger partial charge is 0.328 e. The van der Waals surface area contributed by atoms with Crippen LogP contribution in [-0.2, 0) is 5.33 Å². The number of aromatic nitrogens is 2. The summed E-state index contributed by atoms with van der Waals surface area (Å²) in [6.45, 7) is 0. The lowest BCUT2D eigenvalue weighted by atomic mass is 10.2. The Bertz CT molecular complexity index is 799. The molecule has 2 aromatic heterocycles. The van der Waals surface area contributed by atoms with E-state index in [4.69, 9.17) is 5.26 Å². The molecule has 0 bridgehead atoms. The van der Waals surface area contributed by atoms with Crippen molar-refractivity contribution in [3.05, 3.63) is 47.1 Å². The van der Waals surface area contributed by atoms with E-state index >= 15 is 0 Å². The van der Waals surface area contributed by atoms with Crippen LogP contribution in [0, 0.1) is 11.3 Å². The monoisotopic (exact) mass is 346 g/mol. The minimum Gasteiger partial charge on any atom is -0.328 e. The number of thiazole rings is 1. The maximum Gasteiger partial charge on any atom is 0.195 e. The molecule has 0 saturated carbocycles. The number of hydrogen-bond acceptors (Lipinski definition) is 4. The molecule has 0 atom stereocenters. The van der Waals surface area contributed by atoms with Crippen LogP contribution < -0.4 is 4.90 Å². The Morgan fingerprint density at radius 2 is 2.35 bits per heavy atom. The first kappa shape index (κ1) is 13.2. The summed E-state index contributed by atoms with van der Waals surface area (Å²) in [6, 6.07) is 9.69. The van der Waals surface area contributed by atoms with Crippen molar-refractivity contribution in [1.82, 2.24) is 9.38 Å². The molecule has 20 heavy (non-hydrogen) atoms. The van der Waals surface area contributed by atoms with Crippen molar-refractivity contribution >= 4 is 43.7 Å². The molecule has 0 N–H and O–H groups in total. The molecule has 0 radical (unpaired) electrons. The number of fused-ring (bicyclic) bond motifs is 1. The number of nitrogens with zero attached hydrogens (tertiary/aromatic N) is 4. The standard InChI is InChI=1S/C14H11BrN4S/c1-18(11-4-2-3-10(7-11)9-16)13-12(8-15)19-5-6-20-14(19)17-13/h2-7H,8H2,1H3. The zero-order valence-electron chi connectivity index (χ0n) is 10.7. The molecule has 0 spiro atoms. The molecular formula is C14H11BrN4S. The van der Waals surface area contributed by atoms with Crippen LogP contribution in [0.2, 0.25) is 0 Å². The van der Waals surface area contributed by atoms with Gasteiger partial charge in [-0.05, 0) is 18.2 Å². The van der Waals surface area contributed by atoms with E-state index in [1.54, 1.807) is 17.4 Å². The average Bonchev–Trinajstić information content (AvgIpc) is 3.06. The second-order valence-electron chi connectivity index (χ2n) is 4.29. The van der Waals surface area contributed by atoms with Crippen LogP contribution in [-0.4, -0.2) is 16.4 Å². The summed E-state index contributed by atoms with van der Waals surface area (Å²) in [5.41, 5.74) is 2.71. The van der Waals surface area contributed by atoms with Crippen LogP contribution in [0.4, 0.5) is 11.5 Å². The number of benzene rings is 1. The summed E-state index contributed by atoms with van der Waals surface area (Å²) in [6.07, 6.45) is 2.02. The Kier molecular flexibility index (Phi) is 3.47. The molecule has 4 nitrogen and oxygen atoms in total. The Balaban J connectivity index is 2.09. The van der Waals surface area contributed by atoms with E-state index in [1.807, 2.05) is 41.7 Å². The van der Waals surface area contributed by atoms with Crippen molar-refractivity contribution in [2.45, 2.75) is 5.33 Å². The highest BCUT2D eigenvalue weighted by atomic mass is 79.9. The third kappa shape index (κ3) is 2.09. The van der Waals surface area contributed by atoms with Gasteiger partial charge in [0.25, 0.3) is 0 Å². The van der Waals surface area contributed by atoms with Crippen LogP contribution in [0.1, 0.15) is 11.3 Å². The highest BCUT2D eigenvalue weighted by molar-refractivity contribution is 9.08. The highest BCUT2D eigenvalue weighted by Gasteiger charge is 2.16. The van der Waals surface area contributed by atoms with Gasteiger partial charge in [-0.25, -0.2) is 4.98 Å². The number of anilines is 2. The predicted octanol–water partition coefficient (Wildman–Crippen LogP) is 3.93. The van der Waals surface area contributed by atoms with Crippen molar-refractivity contribution in [3.63, 3.8) is 0 Å². The molecule has 100 valence electrons. The van der Waals surface area contributed by atoms with Crippen molar-refractivity contribution < 1.29 is 0 Å². The molecular weight excluding hydrogens is 336 g/mol. The minimum atomic E-state index is 0.649. The van der Waals surface area contributed by atoms with E-state index in [1.165, 1.54) is 0 Å². The number of halogens is 1. The van der Waals surface area contributed by atoms with Crippen molar-refractivity contribution in [2.75, 3.05) is 11.9 Å². The third-order valence-electron chi connectivity index (χ3n) is 3.15. The van der Waals surface area contributed by atoms with Gasteiger partial charge in [0.05, 0.1) is 17.3 Å². The fourth-order valence-electron chi connectivity index (χ4n) is 2.12. The topological polar surface area (TPSA) is 44.3 Å². The summed E-state index contributed by atoms with van der Waals surface area (Å²) in [5.74, 6) is 0.906. The lowest BCUT2D eigenvalue weighted by Crippen LogP contribution is -2.12. The van der Waals surface area contributed by atoms with Crippen molar-refractivity contribution in [1.29, 1.82) is 5.26 Å². The second kappa shape index (κ2) is 5.27. The maximum atomic E-state index is 9.00. The van der Waals surface area contributed by atoms with Gasteiger partial charge in [0.15, 0.2) is 10.8 Å². The molecule has 0 amide bonds. The second-order valence-corrected chi connectivity index (χ2v) is 5.73. The van der Waals surface area contributed by atoms with Crippen LogP contribution in [0.5, 0.6) is 0 Å². The molecule has 0 unspecified atom stereocenters. The van der Waals surface area contributed by atoms with Gasteiger partial charge in [0.2, 0.25) is 0 Å². The molecule has 6 heteroatoms. The SMILES string of the molecule is CN(c1cccc(C#N)c1)c1nc2sccn2c1CBr. The summed E-state index contributed by atoms with van der Waals surface area (Å²) in [4.78, 5) is 7.65. The molecule has 0 saturated heterocycles. The maximum absolute atomic E-state index is 9.00. The minimum absolute atomic E-state index is 0.649. The number of nitriles is 1. The molecule has 0 fully saturated rings. The van der Waals surface area contributed by atoms with E-state index in [0.29, 0.717) is 5.56 Å². The quantitative estimate of drug-likeness (QED) is 0.675. The first-order valence-corrected chi connectivity index (χ1v) is 7.99. The van der Waals surface area contributed by atoms with E-state index in [2.05, 4.69) is 31.4 Å². The number of hydrogen-bond donors (Lipinski definition) is 0. The molecule has 1 aromatic carbocycles. The fraction of sp³-hybridized carbons (Fsp3) is 0.143. The van der Waals surface area contributed by atoms with Gasteiger partial charge >= 0.3 is 0 Å². The van der Waals surface area contributed by atoms with Crippen molar-refractivity contribution in [2.24, 2.45) is 0 Å². The van der Waals surface area contributed by atoms with Gasteiger partial charge in [0.1, 0.15) is 0 Å². The lowest BCUT2D eigenvalue weighted by Gasteiger charge is -2.18. The van der Waals surface area contributed by atoms with Gasteiger partial charge in [-0.2, -0.15) is 5.26 Å². The fourth-order valence-corrected chi connectivity index (χ4v) is 3.37. The Morgan fingerprint density at radius 3 is 3.10 bits per heavy atom. The highest BCUT2D eigenvalue weighted by Crippen LogP contribution is 2.30. The van der Waals surface area contributed by atoms with Crippen LogP contribution >= 0.6 is 27.3 Å². The molecule has 0 aliphatic carbocycles. The van der Waals surface area contributed by atoms with E-state index < -0.39 is 0 Å². The van der Waals surface area contributed by atoms with E-state index in [-0.39, 0.29) is 0 Å². The number of imidazole rings is 1. The number of alkyl halides is 1. The lowest BCUT2D eigenvalue weighted by molar-refractivity contribution is 1.08. The van der Waals surface area contributed by atoms with Crippen LogP contribution in [0.3, 0.4) is 0 Å². The number of rotatable bonds is 3. The molecule has 3 aromatic rings.